The van der Waals surface area contributed by atoms with Gasteiger partial charge in [-0.25, -0.2) is 0 Å². The highest BCUT2D eigenvalue weighted by Gasteiger charge is 2.29. The molecule has 0 spiro atoms. The number of carbonyl (C=O) groups excluding carboxylic acids is 3. The van der Waals surface area contributed by atoms with Crippen LogP contribution in [0.1, 0.15) is 27.7 Å². The van der Waals surface area contributed by atoms with E-state index in [0.717, 1.165) is 23.5 Å². The molecule has 0 radical (unpaired) electrons. The molecule has 0 aromatic heterocycles. The minimum atomic E-state index is -0.779. The maximum absolute atomic E-state index is 10.9. The Bertz CT molecular complexity index is 271. The van der Waals surface area contributed by atoms with Gasteiger partial charge in [0.05, 0.1) is 0 Å². The van der Waals surface area contributed by atoms with Gasteiger partial charge in [-0.1, -0.05) is 23.5 Å². The number of carbonyl (C=O) groups is 3. The lowest BCUT2D eigenvalue weighted by atomic mass is 10.2. The predicted molar refractivity (Wildman–Crippen MR) is 66.4 cm³/mol. The van der Waals surface area contributed by atoms with Crippen LogP contribution in [0.4, 0.5) is 0 Å². The number of thioether (sulfide) groups is 2. The van der Waals surface area contributed by atoms with Gasteiger partial charge in [0, 0.05) is 32.3 Å². The van der Waals surface area contributed by atoms with Gasteiger partial charge in [0.2, 0.25) is 0 Å². The molecule has 0 amide bonds. The van der Waals surface area contributed by atoms with Gasteiger partial charge in [-0.05, 0) is 6.92 Å². The van der Waals surface area contributed by atoms with Crippen molar-refractivity contribution in [1.82, 2.24) is 0 Å². The molecule has 0 atom stereocenters. The lowest BCUT2D eigenvalue weighted by molar-refractivity contribution is -0.151. The highest BCUT2D eigenvalue weighted by atomic mass is 32.2. The molecule has 0 fully saturated rings. The maximum Gasteiger partial charge on any atom is 0.303 e. The van der Waals surface area contributed by atoms with E-state index in [1.165, 1.54) is 20.8 Å². The fourth-order valence-electron chi connectivity index (χ4n) is 0.956. The number of hydrogen-bond donors (Lipinski definition) is 0. The van der Waals surface area contributed by atoms with E-state index in [4.69, 9.17) is 4.74 Å². The van der Waals surface area contributed by atoms with Gasteiger partial charge < -0.3 is 4.74 Å². The van der Waals surface area contributed by atoms with Crippen molar-refractivity contribution in [3.8, 4) is 0 Å². The molecule has 6 heteroatoms. The molecule has 0 saturated carbocycles. The van der Waals surface area contributed by atoms with Crippen molar-refractivity contribution in [3.63, 3.8) is 0 Å². The lowest BCUT2D eigenvalue weighted by Crippen LogP contribution is -2.37. The van der Waals surface area contributed by atoms with Crippen LogP contribution in [0.15, 0.2) is 0 Å². The summed E-state index contributed by atoms with van der Waals surface area (Å²) in [6, 6.07) is 0. The average molecular weight is 264 g/mol. The molecule has 92 valence electrons. The Labute approximate surface area is 104 Å². The summed E-state index contributed by atoms with van der Waals surface area (Å²) in [4.78, 5) is 32.7. The minimum Gasteiger partial charge on any atom is -0.458 e. The van der Waals surface area contributed by atoms with Crippen molar-refractivity contribution < 1.29 is 19.1 Å². The molecule has 0 aliphatic heterocycles. The zero-order valence-electron chi connectivity index (χ0n) is 9.86. The molecule has 4 nitrogen and oxygen atoms in total. The molecule has 0 bridgehead atoms. The van der Waals surface area contributed by atoms with E-state index in [0.29, 0.717) is 11.5 Å². The molecule has 0 saturated heterocycles. The molecule has 0 N–H and O–H groups in total. The van der Waals surface area contributed by atoms with Gasteiger partial charge in [-0.15, -0.1) is 0 Å². The summed E-state index contributed by atoms with van der Waals surface area (Å²) in [5, 5.41) is -0.0718. The topological polar surface area (TPSA) is 60.4 Å². The highest BCUT2D eigenvalue weighted by molar-refractivity contribution is 8.14. The summed E-state index contributed by atoms with van der Waals surface area (Å²) in [6.45, 7) is 5.95. The molecule has 0 aromatic carbocycles. The smallest absolute Gasteiger partial charge is 0.303 e. The van der Waals surface area contributed by atoms with E-state index in [1.807, 2.05) is 0 Å². The van der Waals surface area contributed by atoms with Gasteiger partial charge in [0.15, 0.2) is 10.2 Å². The molecular formula is C10H16O4S2. The van der Waals surface area contributed by atoms with E-state index in [2.05, 4.69) is 0 Å². The van der Waals surface area contributed by atoms with Crippen molar-refractivity contribution in [2.45, 2.75) is 33.3 Å². The monoisotopic (exact) mass is 264 g/mol. The molecule has 0 unspecified atom stereocenters. The van der Waals surface area contributed by atoms with E-state index in [9.17, 15) is 14.4 Å². The summed E-state index contributed by atoms with van der Waals surface area (Å²) in [7, 11) is 0. The Morgan fingerprint density at radius 2 is 1.38 bits per heavy atom. The first-order chi connectivity index (χ1) is 7.25. The van der Waals surface area contributed by atoms with Crippen molar-refractivity contribution in [3.05, 3.63) is 0 Å². The fourth-order valence-corrected chi connectivity index (χ4v) is 2.42. The Kier molecular flexibility index (Phi) is 6.74. The minimum absolute atomic E-state index is 0.0359. The van der Waals surface area contributed by atoms with E-state index >= 15 is 0 Å². The summed E-state index contributed by atoms with van der Waals surface area (Å²) >= 11 is 2.18. The average Bonchev–Trinajstić information content (AvgIpc) is 2.11. The van der Waals surface area contributed by atoms with Gasteiger partial charge in [-0.3, -0.25) is 14.4 Å². The number of hydrogen-bond acceptors (Lipinski definition) is 6. The van der Waals surface area contributed by atoms with E-state index in [-0.39, 0.29) is 10.2 Å². The van der Waals surface area contributed by atoms with Crippen LogP contribution >= 0.6 is 23.5 Å². The Balaban J connectivity index is 4.40. The summed E-state index contributed by atoms with van der Waals surface area (Å²) in [5.41, 5.74) is -0.779. The van der Waals surface area contributed by atoms with Crippen molar-refractivity contribution in [1.29, 1.82) is 0 Å². The highest BCUT2D eigenvalue weighted by Crippen LogP contribution is 2.23. The van der Waals surface area contributed by atoms with Crippen molar-refractivity contribution >= 4 is 39.7 Å². The third kappa shape index (κ3) is 7.76. The van der Waals surface area contributed by atoms with Gasteiger partial charge in [0.25, 0.3) is 0 Å². The molecule has 0 aliphatic rings. The SMILES string of the molecule is CC(=O)OC(C)(CSC(C)=O)CSC(C)=O. The third-order valence-electron chi connectivity index (χ3n) is 1.55. The van der Waals surface area contributed by atoms with Crippen LogP contribution < -0.4 is 0 Å². The predicted octanol–water partition coefficient (Wildman–Crippen LogP) is 1.87. The van der Waals surface area contributed by atoms with Gasteiger partial charge in [0.1, 0.15) is 5.60 Å². The van der Waals surface area contributed by atoms with Crippen LogP contribution in [0.2, 0.25) is 0 Å². The van der Waals surface area contributed by atoms with E-state index < -0.39 is 11.6 Å². The van der Waals surface area contributed by atoms with Crippen LogP contribution in [0.3, 0.4) is 0 Å². The second-order valence-corrected chi connectivity index (χ2v) is 5.91. The van der Waals surface area contributed by atoms with Gasteiger partial charge in [-0.2, -0.15) is 0 Å². The molecule has 0 aromatic rings. The maximum atomic E-state index is 10.9. The van der Waals surface area contributed by atoms with Crippen LogP contribution in [0.25, 0.3) is 0 Å². The fraction of sp³-hybridized carbons (Fsp3) is 0.700. The Morgan fingerprint density at radius 3 is 1.62 bits per heavy atom. The standard InChI is InChI=1S/C10H16O4S2/c1-7(11)14-10(4,5-15-8(2)12)6-16-9(3)13/h5-6H2,1-4H3. The van der Waals surface area contributed by atoms with Crippen LogP contribution in [0.5, 0.6) is 0 Å². The quantitative estimate of drug-likeness (QED) is 0.706. The zero-order valence-corrected chi connectivity index (χ0v) is 11.5. The second kappa shape index (κ2) is 6.96. The van der Waals surface area contributed by atoms with Crippen molar-refractivity contribution in [2.24, 2.45) is 0 Å². The van der Waals surface area contributed by atoms with Crippen LogP contribution in [-0.4, -0.2) is 33.3 Å². The first-order valence-corrected chi connectivity index (χ1v) is 6.68. The Morgan fingerprint density at radius 1 is 1.00 bits per heavy atom. The number of esters is 1. The first-order valence-electron chi connectivity index (χ1n) is 4.71. The largest absolute Gasteiger partial charge is 0.458 e. The first kappa shape index (κ1) is 15.5. The summed E-state index contributed by atoms with van der Waals surface area (Å²) < 4.78 is 5.15. The molecule has 0 heterocycles. The molecule has 0 rings (SSSR count). The lowest BCUT2D eigenvalue weighted by Gasteiger charge is -2.27. The molecular weight excluding hydrogens is 248 g/mol. The second-order valence-electron chi connectivity index (χ2n) is 3.60. The molecule has 16 heavy (non-hydrogen) atoms. The van der Waals surface area contributed by atoms with Gasteiger partial charge >= 0.3 is 5.97 Å². The summed E-state index contributed by atoms with van der Waals surface area (Å²) in [5.74, 6) is 0.320. The normalized spacial score (nSPS) is 11.0. The zero-order chi connectivity index (χ0) is 12.8. The third-order valence-corrected chi connectivity index (χ3v) is 3.87. The van der Waals surface area contributed by atoms with Crippen molar-refractivity contribution in [2.75, 3.05) is 11.5 Å². The molecule has 0 aliphatic carbocycles. The number of ether oxygens (including phenoxy) is 1. The Hall–Kier alpha value is -0.490. The van der Waals surface area contributed by atoms with Crippen LogP contribution in [-0.2, 0) is 19.1 Å². The summed E-state index contributed by atoms with van der Waals surface area (Å²) in [6.07, 6.45) is 0. The van der Waals surface area contributed by atoms with Crippen LogP contribution in [0, 0.1) is 0 Å². The number of rotatable bonds is 5. The van der Waals surface area contributed by atoms with E-state index in [1.54, 1.807) is 6.92 Å².